The van der Waals surface area contributed by atoms with Crippen LogP contribution in [0, 0.1) is 5.92 Å². The van der Waals surface area contributed by atoms with Gasteiger partial charge in [-0.1, -0.05) is 38.0 Å². The van der Waals surface area contributed by atoms with Crippen LogP contribution >= 0.6 is 0 Å². The number of carbonyl (C=O) groups excluding carboxylic acids is 3. The van der Waals surface area contributed by atoms with Gasteiger partial charge < -0.3 is 14.8 Å². The smallest absolute Gasteiger partial charge is 0.331 e. The second kappa shape index (κ2) is 10.4. The van der Waals surface area contributed by atoms with E-state index < -0.39 is 24.5 Å². The summed E-state index contributed by atoms with van der Waals surface area (Å²) in [7, 11) is 1.54. The molecule has 0 heterocycles. The molecule has 146 valence electrons. The molecule has 1 fully saturated rings. The molecule has 1 aliphatic rings. The number of amides is 3. The van der Waals surface area contributed by atoms with Crippen molar-refractivity contribution in [3.05, 3.63) is 35.9 Å². The molecule has 0 aliphatic heterocycles. The lowest BCUT2D eigenvalue weighted by Crippen LogP contribution is -2.48. The van der Waals surface area contributed by atoms with Crippen LogP contribution in [-0.4, -0.2) is 37.7 Å². The minimum Gasteiger partial charge on any atom is -0.496 e. The summed E-state index contributed by atoms with van der Waals surface area (Å²) in [4.78, 5) is 35.4. The van der Waals surface area contributed by atoms with Crippen LogP contribution in [-0.2, 0) is 14.3 Å². The van der Waals surface area contributed by atoms with Crippen molar-refractivity contribution >= 4 is 24.0 Å². The van der Waals surface area contributed by atoms with E-state index in [2.05, 4.69) is 17.6 Å². The Morgan fingerprint density at radius 1 is 1.19 bits per heavy atom. The lowest BCUT2D eigenvalue weighted by atomic mass is 9.86. The molecule has 7 nitrogen and oxygen atoms in total. The minimum atomic E-state index is -0.683. The van der Waals surface area contributed by atoms with Crippen LogP contribution in [0.2, 0.25) is 0 Å². The fraction of sp³-hybridized carbons (Fsp3) is 0.450. The van der Waals surface area contributed by atoms with Gasteiger partial charge in [-0.05, 0) is 30.9 Å². The number of hydrogen-bond donors (Lipinski definition) is 2. The Bertz CT molecular complexity index is 701. The topological polar surface area (TPSA) is 93.7 Å². The lowest BCUT2D eigenvalue weighted by Gasteiger charge is -2.29. The third-order valence-electron chi connectivity index (χ3n) is 4.56. The van der Waals surface area contributed by atoms with Crippen LogP contribution in [0.1, 0.15) is 38.2 Å². The van der Waals surface area contributed by atoms with Crippen LogP contribution in [0.3, 0.4) is 0 Å². The summed E-state index contributed by atoms with van der Waals surface area (Å²) in [6, 6.07) is 6.69. The SMILES string of the molecule is COc1ccccc1/C=C/C(=O)OCC(=O)NC(=O)N[C@@H]1CCCC[C@@H]1C. The number of para-hydroxylation sites is 1. The van der Waals surface area contributed by atoms with Crippen molar-refractivity contribution in [1.82, 2.24) is 10.6 Å². The van der Waals surface area contributed by atoms with E-state index in [-0.39, 0.29) is 6.04 Å². The lowest BCUT2D eigenvalue weighted by molar-refractivity contribution is -0.143. The summed E-state index contributed by atoms with van der Waals surface area (Å²) in [5.41, 5.74) is 0.711. The number of esters is 1. The van der Waals surface area contributed by atoms with Crippen molar-refractivity contribution in [2.75, 3.05) is 13.7 Å². The first-order valence-electron chi connectivity index (χ1n) is 9.07. The third-order valence-corrected chi connectivity index (χ3v) is 4.56. The maximum absolute atomic E-state index is 11.9. The average Bonchev–Trinajstić information content (AvgIpc) is 2.66. The summed E-state index contributed by atoms with van der Waals surface area (Å²) in [6.07, 6.45) is 6.95. The van der Waals surface area contributed by atoms with Gasteiger partial charge in [-0.2, -0.15) is 0 Å². The van der Waals surface area contributed by atoms with Gasteiger partial charge in [-0.25, -0.2) is 9.59 Å². The highest BCUT2D eigenvalue weighted by molar-refractivity contribution is 5.96. The monoisotopic (exact) mass is 374 g/mol. The van der Waals surface area contributed by atoms with Gasteiger partial charge in [-0.3, -0.25) is 10.1 Å². The maximum Gasteiger partial charge on any atom is 0.331 e. The van der Waals surface area contributed by atoms with Gasteiger partial charge in [0.2, 0.25) is 0 Å². The molecule has 1 aliphatic carbocycles. The largest absolute Gasteiger partial charge is 0.496 e. The zero-order valence-corrected chi connectivity index (χ0v) is 15.7. The molecule has 2 rings (SSSR count). The predicted molar refractivity (Wildman–Crippen MR) is 101 cm³/mol. The Morgan fingerprint density at radius 2 is 1.93 bits per heavy atom. The fourth-order valence-electron chi connectivity index (χ4n) is 3.04. The zero-order valence-electron chi connectivity index (χ0n) is 15.7. The second-order valence-corrected chi connectivity index (χ2v) is 6.57. The molecule has 0 bridgehead atoms. The van der Waals surface area contributed by atoms with Gasteiger partial charge >= 0.3 is 12.0 Å². The Kier molecular flexibility index (Phi) is 7.85. The number of nitrogens with one attached hydrogen (secondary N) is 2. The van der Waals surface area contributed by atoms with Gasteiger partial charge in [-0.15, -0.1) is 0 Å². The van der Waals surface area contributed by atoms with Crippen LogP contribution < -0.4 is 15.4 Å². The minimum absolute atomic E-state index is 0.0675. The van der Waals surface area contributed by atoms with E-state index in [1.54, 1.807) is 12.1 Å². The van der Waals surface area contributed by atoms with Gasteiger partial charge in [0.1, 0.15) is 5.75 Å². The van der Waals surface area contributed by atoms with Gasteiger partial charge in [0, 0.05) is 17.7 Å². The molecule has 0 unspecified atom stereocenters. The standard InChI is InChI=1S/C20H26N2O5/c1-14-7-3-5-9-16(14)21-20(25)22-18(23)13-27-19(24)12-11-15-8-4-6-10-17(15)26-2/h4,6,8,10-12,14,16H,3,5,7,9,13H2,1-2H3,(H2,21,22,23,25)/b12-11+/t14-,16+/m0/s1. The highest BCUT2D eigenvalue weighted by atomic mass is 16.5. The Labute approximate surface area is 159 Å². The highest BCUT2D eigenvalue weighted by Gasteiger charge is 2.23. The number of imide groups is 1. The Balaban J connectivity index is 1.73. The second-order valence-electron chi connectivity index (χ2n) is 6.57. The molecular weight excluding hydrogens is 348 g/mol. The van der Waals surface area contributed by atoms with Gasteiger partial charge in [0.25, 0.3) is 5.91 Å². The van der Waals surface area contributed by atoms with Crippen LogP contribution in [0.15, 0.2) is 30.3 Å². The van der Waals surface area contributed by atoms with Crippen molar-refractivity contribution in [1.29, 1.82) is 0 Å². The Hall–Kier alpha value is -2.83. The number of methoxy groups -OCH3 is 1. The first-order chi connectivity index (χ1) is 13.0. The first-order valence-corrected chi connectivity index (χ1v) is 9.07. The fourth-order valence-corrected chi connectivity index (χ4v) is 3.04. The van der Waals surface area contributed by atoms with Gasteiger partial charge in [0.15, 0.2) is 6.61 Å². The summed E-state index contributed by atoms with van der Waals surface area (Å²) in [6.45, 7) is 1.56. The molecule has 1 aromatic carbocycles. The molecule has 0 aromatic heterocycles. The third kappa shape index (κ3) is 6.77. The van der Waals surface area contributed by atoms with Crippen molar-refractivity contribution in [2.24, 2.45) is 5.92 Å². The number of rotatable bonds is 6. The van der Waals surface area contributed by atoms with E-state index in [1.807, 2.05) is 12.1 Å². The van der Waals surface area contributed by atoms with Crippen molar-refractivity contribution < 1.29 is 23.9 Å². The number of urea groups is 1. The molecule has 27 heavy (non-hydrogen) atoms. The van der Waals surface area contributed by atoms with E-state index in [4.69, 9.17) is 9.47 Å². The molecule has 0 saturated heterocycles. The first kappa shape index (κ1) is 20.5. The summed E-state index contributed by atoms with van der Waals surface area (Å²) in [5.74, 6) is -0.349. The van der Waals surface area contributed by atoms with Crippen LogP contribution in [0.25, 0.3) is 6.08 Å². The number of ether oxygens (including phenoxy) is 2. The quantitative estimate of drug-likeness (QED) is 0.590. The molecule has 0 radical (unpaired) electrons. The molecule has 3 amide bonds. The Morgan fingerprint density at radius 3 is 2.67 bits per heavy atom. The van der Waals surface area contributed by atoms with E-state index in [9.17, 15) is 14.4 Å². The van der Waals surface area contributed by atoms with Crippen molar-refractivity contribution in [3.63, 3.8) is 0 Å². The predicted octanol–water partition coefficient (Wildman–Crippen LogP) is 2.66. The molecule has 7 heteroatoms. The van der Waals surface area contributed by atoms with Crippen LogP contribution in [0.5, 0.6) is 5.75 Å². The van der Waals surface area contributed by atoms with Gasteiger partial charge in [0.05, 0.1) is 7.11 Å². The van der Waals surface area contributed by atoms with Crippen LogP contribution in [0.4, 0.5) is 4.79 Å². The molecule has 2 atom stereocenters. The number of benzene rings is 1. The molecule has 0 spiro atoms. The van der Waals surface area contributed by atoms with E-state index in [0.717, 1.165) is 25.7 Å². The summed E-state index contributed by atoms with van der Waals surface area (Å²) >= 11 is 0. The highest BCUT2D eigenvalue weighted by Crippen LogP contribution is 2.23. The zero-order chi connectivity index (χ0) is 19.6. The van der Waals surface area contributed by atoms with Crippen molar-refractivity contribution in [3.8, 4) is 5.75 Å². The normalized spacial score (nSPS) is 19.3. The summed E-state index contributed by atoms with van der Waals surface area (Å²) in [5, 5.41) is 4.99. The molecular formula is C20H26N2O5. The number of hydrogen-bond acceptors (Lipinski definition) is 5. The summed E-state index contributed by atoms with van der Waals surface area (Å²) < 4.78 is 10.0. The molecule has 2 N–H and O–H groups in total. The number of carbonyl (C=O) groups is 3. The molecule has 1 saturated carbocycles. The van der Waals surface area contributed by atoms with Crippen molar-refractivity contribution in [2.45, 2.75) is 38.6 Å². The van der Waals surface area contributed by atoms with E-state index in [0.29, 0.717) is 17.2 Å². The maximum atomic E-state index is 11.9. The molecule has 1 aromatic rings. The average molecular weight is 374 g/mol. The van der Waals surface area contributed by atoms with E-state index in [1.165, 1.54) is 19.3 Å². The van der Waals surface area contributed by atoms with E-state index >= 15 is 0 Å².